The predicted molar refractivity (Wildman–Crippen MR) is 42.5 cm³/mol. The number of rotatable bonds is 7. The molecule has 0 heterocycles. The Labute approximate surface area is 67.7 Å². The van der Waals surface area contributed by atoms with Crippen LogP contribution < -0.4 is 0 Å². The van der Waals surface area contributed by atoms with Crippen molar-refractivity contribution in [2.45, 2.75) is 13.3 Å². The molecule has 0 aliphatic heterocycles. The van der Waals surface area contributed by atoms with E-state index in [1.54, 1.807) is 7.11 Å². The molecule has 0 aromatic rings. The fourth-order valence-electron chi connectivity index (χ4n) is 0.729. The van der Waals surface area contributed by atoms with Gasteiger partial charge in [0.1, 0.15) is 6.29 Å². The molecule has 0 aromatic heterocycles. The summed E-state index contributed by atoms with van der Waals surface area (Å²) in [6.45, 7) is 3.72. The Bertz CT molecular complexity index is 85.3. The zero-order valence-electron chi connectivity index (χ0n) is 7.21. The van der Waals surface area contributed by atoms with Gasteiger partial charge in [-0.2, -0.15) is 0 Å². The molecule has 66 valence electrons. The number of ether oxygens (including phenoxy) is 2. The molecule has 0 spiro atoms. The van der Waals surface area contributed by atoms with Crippen LogP contribution in [0.1, 0.15) is 13.3 Å². The van der Waals surface area contributed by atoms with Crippen LogP contribution in [0.4, 0.5) is 0 Å². The Morgan fingerprint density at radius 2 is 2.27 bits per heavy atom. The fraction of sp³-hybridized carbons (Fsp3) is 0.875. The van der Waals surface area contributed by atoms with E-state index < -0.39 is 0 Å². The van der Waals surface area contributed by atoms with Gasteiger partial charge in [0, 0.05) is 26.2 Å². The summed E-state index contributed by atoms with van der Waals surface area (Å²) in [6, 6.07) is 0. The van der Waals surface area contributed by atoms with Gasteiger partial charge < -0.3 is 14.3 Å². The number of hydrogen-bond donors (Lipinski definition) is 0. The summed E-state index contributed by atoms with van der Waals surface area (Å²) in [5.74, 6) is -0.00472. The molecule has 0 saturated carbocycles. The highest BCUT2D eigenvalue weighted by Crippen LogP contribution is 1.99. The number of methoxy groups -OCH3 is 1. The van der Waals surface area contributed by atoms with E-state index in [1.165, 1.54) is 0 Å². The maximum absolute atomic E-state index is 10.4. The molecule has 1 unspecified atom stereocenters. The lowest BCUT2D eigenvalue weighted by Gasteiger charge is -2.08. The zero-order valence-corrected chi connectivity index (χ0v) is 7.21. The Morgan fingerprint density at radius 3 is 2.73 bits per heavy atom. The van der Waals surface area contributed by atoms with E-state index in [0.717, 1.165) is 12.7 Å². The van der Waals surface area contributed by atoms with Gasteiger partial charge in [0.15, 0.2) is 0 Å². The molecule has 0 amide bonds. The summed E-state index contributed by atoms with van der Waals surface area (Å²) in [7, 11) is 1.63. The third-order valence-corrected chi connectivity index (χ3v) is 1.42. The molecular formula is C8H16O3. The standard InChI is InChI=1S/C8H16O3/c1-3-11-7-8(6-9)4-5-10-2/h6,8H,3-5,7H2,1-2H3. The third kappa shape index (κ3) is 6.01. The van der Waals surface area contributed by atoms with Crippen molar-refractivity contribution in [2.75, 3.05) is 26.9 Å². The first-order valence-electron chi connectivity index (χ1n) is 3.87. The minimum atomic E-state index is -0.00472. The quantitative estimate of drug-likeness (QED) is 0.518. The molecule has 0 N–H and O–H groups in total. The van der Waals surface area contributed by atoms with Gasteiger partial charge >= 0.3 is 0 Å². The van der Waals surface area contributed by atoms with Crippen LogP contribution in [-0.2, 0) is 14.3 Å². The van der Waals surface area contributed by atoms with Gasteiger partial charge in [-0.1, -0.05) is 0 Å². The predicted octanol–water partition coefficient (Wildman–Crippen LogP) is 0.875. The van der Waals surface area contributed by atoms with Crippen molar-refractivity contribution >= 4 is 6.29 Å². The SMILES string of the molecule is CCOCC(C=O)CCOC. The Hall–Kier alpha value is -0.410. The third-order valence-electron chi connectivity index (χ3n) is 1.42. The van der Waals surface area contributed by atoms with Crippen molar-refractivity contribution in [1.29, 1.82) is 0 Å². The molecule has 0 aromatic carbocycles. The molecule has 11 heavy (non-hydrogen) atoms. The van der Waals surface area contributed by atoms with Crippen molar-refractivity contribution in [1.82, 2.24) is 0 Å². The molecule has 0 bridgehead atoms. The second-order valence-corrected chi connectivity index (χ2v) is 2.34. The largest absolute Gasteiger partial charge is 0.385 e. The summed E-state index contributed by atoms with van der Waals surface area (Å²) >= 11 is 0. The average Bonchev–Trinajstić information content (AvgIpc) is 2.05. The lowest BCUT2D eigenvalue weighted by molar-refractivity contribution is -0.113. The summed E-state index contributed by atoms with van der Waals surface area (Å²) < 4.78 is 9.94. The molecule has 3 heteroatoms. The number of hydrogen-bond acceptors (Lipinski definition) is 3. The summed E-state index contributed by atoms with van der Waals surface area (Å²) in [4.78, 5) is 10.4. The average molecular weight is 160 g/mol. The zero-order chi connectivity index (χ0) is 8.53. The van der Waals surface area contributed by atoms with E-state index in [1.807, 2.05) is 6.92 Å². The highest BCUT2D eigenvalue weighted by molar-refractivity contribution is 5.53. The maximum atomic E-state index is 10.4. The van der Waals surface area contributed by atoms with E-state index in [9.17, 15) is 4.79 Å². The van der Waals surface area contributed by atoms with E-state index in [-0.39, 0.29) is 5.92 Å². The Balaban J connectivity index is 3.33. The fourth-order valence-corrected chi connectivity index (χ4v) is 0.729. The molecule has 0 fully saturated rings. The van der Waals surface area contributed by atoms with Crippen molar-refractivity contribution in [2.24, 2.45) is 5.92 Å². The van der Waals surface area contributed by atoms with Crippen molar-refractivity contribution in [3.63, 3.8) is 0 Å². The van der Waals surface area contributed by atoms with Gasteiger partial charge in [-0.15, -0.1) is 0 Å². The molecule has 1 atom stereocenters. The first kappa shape index (κ1) is 10.6. The van der Waals surface area contributed by atoms with Gasteiger partial charge in [-0.25, -0.2) is 0 Å². The Kier molecular flexibility index (Phi) is 7.41. The van der Waals surface area contributed by atoms with Crippen LogP contribution in [0.2, 0.25) is 0 Å². The van der Waals surface area contributed by atoms with Crippen LogP contribution in [0.25, 0.3) is 0 Å². The first-order chi connectivity index (χ1) is 5.35. The van der Waals surface area contributed by atoms with Gasteiger partial charge in [0.2, 0.25) is 0 Å². The van der Waals surface area contributed by atoms with Gasteiger partial charge in [0.05, 0.1) is 6.61 Å². The minimum Gasteiger partial charge on any atom is -0.385 e. The highest BCUT2D eigenvalue weighted by Gasteiger charge is 2.05. The molecule has 3 nitrogen and oxygen atoms in total. The number of carbonyl (C=O) groups is 1. The molecule has 0 radical (unpaired) electrons. The van der Waals surface area contributed by atoms with Crippen molar-refractivity contribution in [3.8, 4) is 0 Å². The second-order valence-electron chi connectivity index (χ2n) is 2.34. The van der Waals surface area contributed by atoms with Crippen LogP contribution in [0.3, 0.4) is 0 Å². The van der Waals surface area contributed by atoms with Gasteiger partial charge in [0.25, 0.3) is 0 Å². The van der Waals surface area contributed by atoms with Crippen LogP contribution in [-0.4, -0.2) is 33.2 Å². The number of aldehydes is 1. The highest BCUT2D eigenvalue weighted by atomic mass is 16.5. The smallest absolute Gasteiger partial charge is 0.125 e. The molecule has 0 aliphatic carbocycles. The minimum absolute atomic E-state index is 0.00472. The van der Waals surface area contributed by atoms with E-state index in [2.05, 4.69) is 0 Å². The summed E-state index contributed by atoms with van der Waals surface area (Å²) in [5, 5.41) is 0. The van der Waals surface area contributed by atoms with Gasteiger partial charge in [-0.05, 0) is 13.3 Å². The van der Waals surface area contributed by atoms with Crippen LogP contribution in [0.5, 0.6) is 0 Å². The molecular weight excluding hydrogens is 144 g/mol. The lowest BCUT2D eigenvalue weighted by Crippen LogP contribution is -2.13. The van der Waals surface area contributed by atoms with E-state index in [4.69, 9.17) is 9.47 Å². The summed E-state index contributed by atoms with van der Waals surface area (Å²) in [6.07, 6.45) is 1.68. The van der Waals surface area contributed by atoms with Gasteiger partial charge in [-0.3, -0.25) is 0 Å². The first-order valence-corrected chi connectivity index (χ1v) is 3.87. The van der Waals surface area contributed by atoms with Crippen molar-refractivity contribution < 1.29 is 14.3 Å². The topological polar surface area (TPSA) is 35.5 Å². The summed E-state index contributed by atoms with van der Waals surface area (Å²) in [5.41, 5.74) is 0. The van der Waals surface area contributed by atoms with E-state index >= 15 is 0 Å². The lowest BCUT2D eigenvalue weighted by atomic mass is 10.1. The van der Waals surface area contributed by atoms with E-state index in [0.29, 0.717) is 19.8 Å². The molecule has 0 aliphatic rings. The maximum Gasteiger partial charge on any atom is 0.125 e. The molecule has 0 rings (SSSR count). The number of carbonyl (C=O) groups excluding carboxylic acids is 1. The molecule has 0 saturated heterocycles. The monoisotopic (exact) mass is 160 g/mol. The Morgan fingerprint density at radius 1 is 1.55 bits per heavy atom. The van der Waals surface area contributed by atoms with Crippen LogP contribution in [0.15, 0.2) is 0 Å². The van der Waals surface area contributed by atoms with Crippen molar-refractivity contribution in [3.05, 3.63) is 0 Å². The second kappa shape index (κ2) is 7.69. The normalized spacial score (nSPS) is 12.9. The van der Waals surface area contributed by atoms with Crippen LogP contribution in [0, 0.1) is 5.92 Å². The van der Waals surface area contributed by atoms with Crippen LogP contribution >= 0.6 is 0 Å².